The monoisotopic (exact) mass is 301 g/mol. The Bertz CT molecular complexity index is 528. The van der Waals surface area contributed by atoms with Crippen molar-refractivity contribution in [1.82, 2.24) is 4.72 Å². The SMILES string of the molecule is Cc1c(C(F)(F)F)cccc1S(=O)(=O)NCCCl. The van der Waals surface area contributed by atoms with Gasteiger partial charge in [-0.15, -0.1) is 11.6 Å². The van der Waals surface area contributed by atoms with Gasteiger partial charge in [0.15, 0.2) is 0 Å². The van der Waals surface area contributed by atoms with Crippen LogP contribution in [0.4, 0.5) is 13.2 Å². The molecule has 0 aliphatic carbocycles. The Morgan fingerprint density at radius 3 is 2.44 bits per heavy atom. The first-order valence-electron chi connectivity index (χ1n) is 4.92. The number of benzene rings is 1. The summed E-state index contributed by atoms with van der Waals surface area (Å²) in [6, 6.07) is 3.03. The number of alkyl halides is 4. The highest BCUT2D eigenvalue weighted by molar-refractivity contribution is 7.89. The summed E-state index contributed by atoms with van der Waals surface area (Å²) in [6.07, 6.45) is -4.58. The van der Waals surface area contributed by atoms with Crippen molar-refractivity contribution in [1.29, 1.82) is 0 Å². The zero-order chi connectivity index (χ0) is 14.0. The first kappa shape index (κ1) is 15.3. The van der Waals surface area contributed by atoms with Gasteiger partial charge in [0.05, 0.1) is 10.5 Å². The van der Waals surface area contributed by atoms with Crippen LogP contribution in [0.1, 0.15) is 11.1 Å². The van der Waals surface area contributed by atoms with Crippen molar-refractivity contribution >= 4 is 21.6 Å². The van der Waals surface area contributed by atoms with Crippen LogP contribution in [-0.4, -0.2) is 20.8 Å². The molecule has 102 valence electrons. The van der Waals surface area contributed by atoms with Crippen LogP contribution < -0.4 is 4.72 Å². The van der Waals surface area contributed by atoms with Crippen LogP contribution in [0, 0.1) is 6.92 Å². The second-order valence-electron chi connectivity index (χ2n) is 3.51. The summed E-state index contributed by atoms with van der Waals surface area (Å²) >= 11 is 5.33. The highest BCUT2D eigenvalue weighted by atomic mass is 35.5. The molecule has 0 spiro atoms. The molecule has 0 atom stereocenters. The molecular formula is C10H11ClF3NO2S. The van der Waals surface area contributed by atoms with Gasteiger partial charge in [0.25, 0.3) is 0 Å². The molecule has 1 aromatic carbocycles. The van der Waals surface area contributed by atoms with E-state index >= 15 is 0 Å². The standard InChI is InChI=1S/C10H11ClF3NO2S/c1-7-8(10(12,13)14)3-2-4-9(7)18(16,17)15-6-5-11/h2-4,15H,5-6H2,1H3. The van der Waals surface area contributed by atoms with E-state index in [1.807, 2.05) is 0 Å². The maximum atomic E-state index is 12.6. The molecule has 0 saturated carbocycles. The first-order chi connectivity index (χ1) is 8.20. The molecule has 0 radical (unpaired) electrons. The molecule has 0 heterocycles. The minimum atomic E-state index is -4.58. The van der Waals surface area contributed by atoms with Crippen molar-refractivity contribution in [3.05, 3.63) is 29.3 Å². The Morgan fingerprint density at radius 1 is 1.33 bits per heavy atom. The lowest BCUT2D eigenvalue weighted by molar-refractivity contribution is -0.138. The average molecular weight is 302 g/mol. The second-order valence-corrected chi connectivity index (χ2v) is 5.63. The molecule has 0 fully saturated rings. The number of halogens is 4. The molecule has 1 N–H and O–H groups in total. The van der Waals surface area contributed by atoms with E-state index in [9.17, 15) is 21.6 Å². The van der Waals surface area contributed by atoms with Crippen LogP contribution in [0.25, 0.3) is 0 Å². The van der Waals surface area contributed by atoms with Gasteiger partial charge in [0.2, 0.25) is 10.0 Å². The van der Waals surface area contributed by atoms with Crippen LogP contribution >= 0.6 is 11.6 Å². The fourth-order valence-corrected chi connectivity index (χ4v) is 2.97. The number of hydrogen-bond donors (Lipinski definition) is 1. The van der Waals surface area contributed by atoms with E-state index in [1.165, 1.54) is 0 Å². The molecule has 0 aromatic heterocycles. The summed E-state index contributed by atoms with van der Waals surface area (Å²) in [5, 5.41) is 0. The van der Waals surface area contributed by atoms with Crippen LogP contribution in [0.3, 0.4) is 0 Å². The molecular weight excluding hydrogens is 291 g/mol. The molecule has 1 aromatic rings. The topological polar surface area (TPSA) is 46.2 Å². The highest BCUT2D eigenvalue weighted by Gasteiger charge is 2.34. The van der Waals surface area contributed by atoms with Gasteiger partial charge in [-0.2, -0.15) is 13.2 Å². The number of nitrogens with one attached hydrogen (secondary N) is 1. The summed E-state index contributed by atoms with van der Waals surface area (Å²) in [6.45, 7) is 1.08. The van der Waals surface area contributed by atoms with E-state index in [-0.39, 0.29) is 22.9 Å². The average Bonchev–Trinajstić information content (AvgIpc) is 2.25. The van der Waals surface area contributed by atoms with E-state index in [0.717, 1.165) is 25.1 Å². The number of sulfonamides is 1. The van der Waals surface area contributed by atoms with Crippen molar-refractivity contribution in [2.45, 2.75) is 18.0 Å². The Labute approximate surface area is 108 Å². The van der Waals surface area contributed by atoms with Gasteiger partial charge in [-0.3, -0.25) is 0 Å². The minimum Gasteiger partial charge on any atom is -0.210 e. The molecule has 0 aliphatic heterocycles. The summed E-state index contributed by atoms with van der Waals surface area (Å²) in [7, 11) is -3.97. The molecule has 3 nitrogen and oxygen atoms in total. The number of rotatable bonds is 4. The highest BCUT2D eigenvalue weighted by Crippen LogP contribution is 2.33. The molecule has 0 saturated heterocycles. The minimum absolute atomic E-state index is 0.0389. The lowest BCUT2D eigenvalue weighted by atomic mass is 10.1. The molecule has 0 amide bonds. The predicted molar refractivity (Wildman–Crippen MR) is 62.1 cm³/mol. The Kier molecular flexibility index (Phi) is 4.63. The van der Waals surface area contributed by atoms with Gasteiger partial charge < -0.3 is 0 Å². The molecule has 8 heteroatoms. The maximum Gasteiger partial charge on any atom is 0.416 e. The van der Waals surface area contributed by atoms with E-state index in [2.05, 4.69) is 4.72 Å². The van der Waals surface area contributed by atoms with Crippen LogP contribution in [0.15, 0.2) is 23.1 Å². The summed E-state index contributed by atoms with van der Waals surface area (Å²) in [5.41, 5.74) is -1.29. The second kappa shape index (κ2) is 5.46. The van der Waals surface area contributed by atoms with Crippen molar-refractivity contribution in [2.24, 2.45) is 0 Å². The Hall–Kier alpha value is -0.790. The van der Waals surface area contributed by atoms with E-state index in [1.54, 1.807) is 0 Å². The quantitative estimate of drug-likeness (QED) is 0.869. The lowest BCUT2D eigenvalue weighted by Crippen LogP contribution is -2.27. The van der Waals surface area contributed by atoms with Gasteiger partial charge in [-0.1, -0.05) is 6.07 Å². The zero-order valence-corrected chi connectivity index (χ0v) is 11.0. The third kappa shape index (κ3) is 3.37. The molecule has 0 aliphatic rings. The Balaban J connectivity index is 3.28. The van der Waals surface area contributed by atoms with Gasteiger partial charge in [0.1, 0.15) is 0 Å². The summed E-state index contributed by atoms with van der Waals surface area (Å²) in [4.78, 5) is -0.387. The molecule has 0 bridgehead atoms. The summed E-state index contributed by atoms with van der Waals surface area (Å²) in [5.74, 6) is 0.0389. The fourth-order valence-electron chi connectivity index (χ4n) is 1.46. The summed E-state index contributed by atoms with van der Waals surface area (Å²) < 4.78 is 63.5. The van der Waals surface area contributed by atoms with Crippen molar-refractivity contribution < 1.29 is 21.6 Å². The van der Waals surface area contributed by atoms with Crippen molar-refractivity contribution in [3.63, 3.8) is 0 Å². The van der Waals surface area contributed by atoms with E-state index in [4.69, 9.17) is 11.6 Å². The van der Waals surface area contributed by atoms with Crippen LogP contribution in [0.2, 0.25) is 0 Å². The lowest BCUT2D eigenvalue weighted by Gasteiger charge is -2.14. The van der Waals surface area contributed by atoms with Gasteiger partial charge in [0, 0.05) is 12.4 Å². The molecule has 18 heavy (non-hydrogen) atoms. The van der Waals surface area contributed by atoms with Crippen molar-refractivity contribution in [3.8, 4) is 0 Å². The van der Waals surface area contributed by atoms with Crippen LogP contribution in [-0.2, 0) is 16.2 Å². The van der Waals surface area contributed by atoms with E-state index < -0.39 is 21.8 Å². The fraction of sp³-hybridized carbons (Fsp3) is 0.400. The molecule has 1 rings (SSSR count). The normalized spacial score (nSPS) is 12.7. The third-order valence-electron chi connectivity index (χ3n) is 2.27. The predicted octanol–water partition coefficient (Wildman–Crippen LogP) is 2.53. The van der Waals surface area contributed by atoms with Crippen molar-refractivity contribution in [2.75, 3.05) is 12.4 Å². The number of hydrogen-bond acceptors (Lipinski definition) is 2. The maximum absolute atomic E-state index is 12.6. The van der Waals surface area contributed by atoms with Crippen LogP contribution in [0.5, 0.6) is 0 Å². The van der Waals surface area contributed by atoms with Gasteiger partial charge in [-0.05, 0) is 24.6 Å². The smallest absolute Gasteiger partial charge is 0.210 e. The van der Waals surface area contributed by atoms with E-state index in [0.29, 0.717) is 0 Å². The zero-order valence-electron chi connectivity index (χ0n) is 9.38. The van der Waals surface area contributed by atoms with Gasteiger partial charge >= 0.3 is 6.18 Å². The third-order valence-corrected chi connectivity index (χ3v) is 4.06. The van der Waals surface area contributed by atoms with Gasteiger partial charge in [-0.25, -0.2) is 13.1 Å². The molecule has 0 unspecified atom stereocenters. The first-order valence-corrected chi connectivity index (χ1v) is 6.94. The largest absolute Gasteiger partial charge is 0.416 e. The Morgan fingerprint density at radius 2 is 1.94 bits per heavy atom.